The van der Waals surface area contributed by atoms with Crippen LogP contribution in [0.2, 0.25) is 0 Å². The van der Waals surface area contributed by atoms with E-state index in [9.17, 15) is 0 Å². The summed E-state index contributed by atoms with van der Waals surface area (Å²) in [6.07, 6.45) is 0. The molecule has 0 aliphatic rings. The molecule has 0 spiro atoms. The van der Waals surface area contributed by atoms with Gasteiger partial charge in [0.2, 0.25) is 0 Å². The van der Waals surface area contributed by atoms with E-state index in [2.05, 4.69) is 64.5 Å². The van der Waals surface area contributed by atoms with E-state index in [4.69, 9.17) is 0 Å². The molecule has 0 amide bonds. The lowest BCUT2D eigenvalue weighted by atomic mass is 10.3. The molecule has 0 N–H and O–H groups in total. The largest absolute Gasteiger partial charge is 0.328 e. The predicted molar refractivity (Wildman–Crippen MR) is 152 cm³/mol. The Morgan fingerprint density at radius 2 is 1.08 bits per heavy atom. The quantitative estimate of drug-likeness (QED) is 0.274. The molecule has 0 aromatic heterocycles. The lowest BCUT2D eigenvalue weighted by molar-refractivity contribution is 0.317. The Balaban J connectivity index is 0. The predicted octanol–water partition coefficient (Wildman–Crippen LogP) is -6.56. The van der Waals surface area contributed by atoms with Crippen LogP contribution in [0.1, 0.15) is 55.4 Å². The third kappa shape index (κ3) is 15.2. The molecule has 1 atom stereocenters. The van der Waals surface area contributed by atoms with Crippen molar-refractivity contribution >= 4 is 89.2 Å². The van der Waals surface area contributed by atoms with Crippen molar-refractivity contribution in [3.05, 3.63) is 0 Å². The second kappa shape index (κ2) is 16.1. The number of hydrogen-bond donors (Lipinski definition) is 0. The molecule has 0 radical (unpaired) electrons. The molecule has 24 heavy (non-hydrogen) atoms. The van der Waals surface area contributed by atoms with Crippen molar-refractivity contribution in [2.45, 2.75) is 79.6 Å². The minimum atomic E-state index is 0.0529. The smallest absolute Gasteiger partial charge is 0.0771 e. The van der Waals surface area contributed by atoms with Gasteiger partial charge in [-0.2, -0.15) is 0 Å². The van der Waals surface area contributed by atoms with Crippen LogP contribution < -0.4 is 0 Å². The first-order valence-corrected chi connectivity index (χ1v) is 45.0. The molecule has 0 heterocycles. The summed E-state index contributed by atoms with van der Waals surface area (Å²) < 4.78 is 5.69. The fraction of sp³-hybridized carbons (Fsp3) is 1.00. The van der Waals surface area contributed by atoms with Crippen LogP contribution in [0.5, 0.6) is 0 Å². The van der Waals surface area contributed by atoms with Crippen molar-refractivity contribution in [3.63, 3.8) is 0 Å². The van der Waals surface area contributed by atoms with Gasteiger partial charge in [-0.15, -0.1) is 0 Å². The summed E-state index contributed by atoms with van der Waals surface area (Å²) in [4.78, 5) is 0. The van der Waals surface area contributed by atoms with E-state index >= 15 is 0 Å². The SMILES string of the molecule is CC(C)N([SiH2][SiH2][SiH]([SiH3])[SiH3])C(C)C.CC(C)N([SiH2][SiH]([SiH3])[SiH2][SiH3])C(C)C. The van der Waals surface area contributed by atoms with Crippen LogP contribution in [0.25, 0.3) is 0 Å². The first-order chi connectivity index (χ1) is 10.9. The van der Waals surface area contributed by atoms with Crippen molar-refractivity contribution < 1.29 is 0 Å². The third-order valence-electron chi connectivity index (χ3n) is 4.84. The summed E-state index contributed by atoms with van der Waals surface area (Å²) in [6.45, 7) is 19.0. The lowest BCUT2D eigenvalue weighted by Gasteiger charge is -2.32. The van der Waals surface area contributed by atoms with Gasteiger partial charge >= 0.3 is 0 Å². The third-order valence-corrected chi connectivity index (χ3v) is 125. The van der Waals surface area contributed by atoms with Crippen molar-refractivity contribution in [2.24, 2.45) is 0 Å². The van der Waals surface area contributed by atoms with E-state index < -0.39 is 0 Å². The van der Waals surface area contributed by atoms with Crippen LogP contribution in [0.15, 0.2) is 0 Å². The molecule has 1 unspecified atom stereocenters. The van der Waals surface area contributed by atoms with Gasteiger partial charge < -0.3 is 9.13 Å². The van der Waals surface area contributed by atoms with Gasteiger partial charge in [-0.05, 0) is 79.1 Å². The maximum Gasteiger partial charge on any atom is 0.0771 e. The molecule has 0 saturated heterocycles. The van der Waals surface area contributed by atoms with Gasteiger partial charge in [-0.3, -0.25) is 0 Å². The van der Waals surface area contributed by atoms with Gasteiger partial charge in [0.1, 0.15) is 0 Å². The van der Waals surface area contributed by atoms with E-state index in [0.29, 0.717) is 17.1 Å². The zero-order valence-corrected chi connectivity index (χ0v) is 35.2. The molecule has 148 valence electrons. The first kappa shape index (κ1) is 28.3. The molecule has 0 bridgehead atoms. The topological polar surface area (TPSA) is 6.48 Å². The van der Waals surface area contributed by atoms with Crippen molar-refractivity contribution in [1.82, 2.24) is 9.13 Å². The lowest BCUT2D eigenvalue weighted by Crippen LogP contribution is -2.49. The molecule has 0 aliphatic heterocycles. The summed E-state index contributed by atoms with van der Waals surface area (Å²) >= 11 is 0. The fourth-order valence-electron chi connectivity index (χ4n) is 3.03. The Morgan fingerprint density at radius 3 is 1.33 bits per heavy atom. The second-order valence-corrected chi connectivity index (χ2v) is 96.8. The Kier molecular flexibility index (Phi) is 19.0. The van der Waals surface area contributed by atoms with Gasteiger partial charge in [0.25, 0.3) is 0 Å². The zero-order chi connectivity index (χ0) is 19.4. The molecule has 12 heteroatoms. The maximum atomic E-state index is 2.86. The van der Waals surface area contributed by atoms with E-state index in [1.54, 1.807) is 39.0 Å². The van der Waals surface area contributed by atoms with Gasteiger partial charge in [-0.25, -0.2) is 0 Å². The van der Waals surface area contributed by atoms with E-state index in [-0.39, 0.29) is 33.1 Å². The zero-order valence-electron chi connectivity index (χ0n) is 19.2. The molecular weight excluding hydrogens is 453 g/mol. The second-order valence-electron chi connectivity index (χ2n) is 9.01. The fourth-order valence-corrected chi connectivity index (χ4v) is 54.7. The highest BCUT2D eigenvalue weighted by Gasteiger charge is 2.16. The van der Waals surface area contributed by atoms with Crippen LogP contribution in [0, 0.1) is 0 Å². The van der Waals surface area contributed by atoms with Crippen molar-refractivity contribution in [1.29, 1.82) is 0 Å². The Labute approximate surface area is 177 Å². The first-order valence-electron chi connectivity index (χ1n) is 10.4. The number of nitrogens with zero attached hydrogens (tertiary/aromatic N) is 2. The van der Waals surface area contributed by atoms with Crippen LogP contribution >= 0.6 is 0 Å². The minimum Gasteiger partial charge on any atom is -0.328 e. The molecule has 0 aromatic carbocycles. The average molecular weight is 503 g/mol. The summed E-state index contributed by atoms with van der Waals surface area (Å²) in [5, 5.41) is 0. The van der Waals surface area contributed by atoms with Crippen molar-refractivity contribution in [2.75, 3.05) is 0 Å². The van der Waals surface area contributed by atoms with Crippen LogP contribution in [0.4, 0.5) is 0 Å². The molecule has 0 rings (SSSR count). The molecule has 0 aromatic rings. The normalized spacial score (nSPS) is 17.2. The Hall–Kier alpha value is 2.09. The van der Waals surface area contributed by atoms with Crippen molar-refractivity contribution in [3.8, 4) is 0 Å². The molecular formula is C12H50N2Si10. The number of rotatable bonds is 10. The van der Waals surface area contributed by atoms with Crippen LogP contribution in [-0.2, 0) is 0 Å². The molecule has 0 saturated carbocycles. The van der Waals surface area contributed by atoms with E-state index in [0.717, 1.165) is 24.2 Å². The standard InChI is InChI=1S/2C6H25NSi5/c1-5(2)7(6(3)4)10-11-12(8)9;1-5(2)7(6(3)4)10-12(9)11-8/h2*5-6,12H,10-11H2,1-4,8-9H3. The summed E-state index contributed by atoms with van der Waals surface area (Å²) in [5.74, 6) is 0. The number of hydrogen-bond acceptors (Lipinski definition) is 2. The van der Waals surface area contributed by atoms with Crippen LogP contribution in [-0.4, -0.2) is 123 Å². The van der Waals surface area contributed by atoms with Crippen LogP contribution in [0.3, 0.4) is 0 Å². The maximum absolute atomic E-state index is 2.86. The summed E-state index contributed by atoms with van der Waals surface area (Å²) in [5.41, 5.74) is 0. The minimum absolute atomic E-state index is 0.0529. The molecule has 0 aliphatic carbocycles. The average Bonchev–Trinajstić information content (AvgIpc) is 2.43. The Morgan fingerprint density at radius 1 is 0.708 bits per heavy atom. The van der Waals surface area contributed by atoms with E-state index in [1.807, 2.05) is 0 Å². The van der Waals surface area contributed by atoms with Gasteiger partial charge in [0.05, 0.1) is 18.4 Å². The highest BCUT2D eigenvalue weighted by Crippen LogP contribution is 2.02. The summed E-state index contributed by atoms with van der Waals surface area (Å²) in [7, 11) is 8.40. The highest BCUT2D eigenvalue weighted by molar-refractivity contribution is 7.63. The highest BCUT2D eigenvalue weighted by atomic mass is 29.9. The molecule has 0 fully saturated rings. The van der Waals surface area contributed by atoms with Gasteiger partial charge in [-0.1, -0.05) is 55.4 Å². The van der Waals surface area contributed by atoms with E-state index in [1.165, 1.54) is 0 Å². The van der Waals surface area contributed by atoms with Gasteiger partial charge in [0.15, 0.2) is 0 Å². The monoisotopic (exact) mass is 502 g/mol. The van der Waals surface area contributed by atoms with Gasteiger partial charge in [0, 0.05) is 15.9 Å². The summed E-state index contributed by atoms with van der Waals surface area (Å²) in [6, 6.07) is 3.34. The Bertz CT molecular complexity index is 275. The molecule has 2 nitrogen and oxygen atoms in total.